The molecule has 0 unspecified atom stereocenters. The standard InChI is InChI=1S/C18H32ClFN2O5S/c1-4-5-6-18(20)7-10(21-8-18)16(26)22-11(9(2)19)15-13(24)12(23)14(25)17(27-15)28-3/h9-15,17,21,23-25H,4-8H2,1-3H3,(H,22,26)/t9-,10-,11+,12-,13+,14+,15+,17+,18+/m0/s1. The quantitative estimate of drug-likeness (QED) is 0.349. The third-order valence-electron chi connectivity index (χ3n) is 5.53. The van der Waals surface area contributed by atoms with E-state index in [1.807, 2.05) is 6.92 Å². The van der Waals surface area contributed by atoms with E-state index in [2.05, 4.69) is 10.6 Å². The first-order chi connectivity index (χ1) is 13.1. The Morgan fingerprint density at radius 2 is 2.07 bits per heavy atom. The number of aliphatic hydroxyl groups excluding tert-OH is 3. The first-order valence-corrected chi connectivity index (χ1v) is 11.4. The number of thioether (sulfide) groups is 1. The monoisotopic (exact) mass is 442 g/mol. The van der Waals surface area contributed by atoms with Crippen molar-refractivity contribution in [2.45, 2.75) is 92.5 Å². The molecule has 28 heavy (non-hydrogen) atoms. The van der Waals surface area contributed by atoms with E-state index < -0.39 is 58.9 Å². The van der Waals surface area contributed by atoms with Gasteiger partial charge in [-0.2, -0.15) is 0 Å². The van der Waals surface area contributed by atoms with Crippen LogP contribution in [0.5, 0.6) is 0 Å². The van der Waals surface area contributed by atoms with E-state index in [4.69, 9.17) is 16.3 Å². The molecule has 0 bridgehead atoms. The van der Waals surface area contributed by atoms with Crippen molar-refractivity contribution in [2.24, 2.45) is 0 Å². The summed E-state index contributed by atoms with van der Waals surface area (Å²) in [5, 5.41) is 35.5. The van der Waals surface area contributed by atoms with Gasteiger partial charge in [0.15, 0.2) is 0 Å². The maximum absolute atomic E-state index is 14.8. The summed E-state index contributed by atoms with van der Waals surface area (Å²) in [7, 11) is 0. The summed E-state index contributed by atoms with van der Waals surface area (Å²) in [4.78, 5) is 12.7. The number of hydrogen-bond acceptors (Lipinski definition) is 7. The predicted molar refractivity (Wildman–Crippen MR) is 107 cm³/mol. The third kappa shape index (κ3) is 5.50. The van der Waals surface area contributed by atoms with Gasteiger partial charge >= 0.3 is 0 Å². The average Bonchev–Trinajstić information content (AvgIpc) is 3.05. The van der Waals surface area contributed by atoms with Crippen molar-refractivity contribution in [1.29, 1.82) is 0 Å². The number of alkyl halides is 2. The summed E-state index contributed by atoms with van der Waals surface area (Å²) in [5.74, 6) is -0.425. The van der Waals surface area contributed by atoms with Gasteiger partial charge in [0, 0.05) is 13.0 Å². The van der Waals surface area contributed by atoms with Crippen LogP contribution in [0, 0.1) is 0 Å². The highest BCUT2D eigenvalue weighted by Crippen LogP contribution is 2.32. The van der Waals surface area contributed by atoms with Crippen LogP contribution in [0.25, 0.3) is 0 Å². The molecule has 0 aromatic carbocycles. The molecule has 2 rings (SSSR count). The number of aliphatic hydroxyl groups is 3. The molecule has 2 heterocycles. The zero-order valence-corrected chi connectivity index (χ0v) is 18.0. The van der Waals surface area contributed by atoms with E-state index >= 15 is 0 Å². The molecule has 9 atom stereocenters. The summed E-state index contributed by atoms with van der Waals surface area (Å²) in [5.41, 5.74) is -2.18. The van der Waals surface area contributed by atoms with E-state index in [1.165, 1.54) is 11.8 Å². The molecule has 2 saturated heterocycles. The highest BCUT2D eigenvalue weighted by Gasteiger charge is 2.49. The lowest BCUT2D eigenvalue weighted by Crippen LogP contribution is -2.65. The number of rotatable bonds is 8. The molecule has 164 valence electrons. The van der Waals surface area contributed by atoms with Gasteiger partial charge in [-0.05, 0) is 19.6 Å². The van der Waals surface area contributed by atoms with Crippen molar-refractivity contribution in [3.63, 3.8) is 0 Å². The molecule has 0 aromatic rings. The van der Waals surface area contributed by atoms with Crippen molar-refractivity contribution >= 4 is 29.3 Å². The van der Waals surface area contributed by atoms with Crippen molar-refractivity contribution in [3.05, 3.63) is 0 Å². The highest BCUT2D eigenvalue weighted by atomic mass is 35.5. The fraction of sp³-hybridized carbons (Fsp3) is 0.944. The van der Waals surface area contributed by atoms with Crippen LogP contribution >= 0.6 is 23.4 Å². The molecule has 7 nitrogen and oxygen atoms in total. The first-order valence-electron chi connectivity index (χ1n) is 9.72. The van der Waals surface area contributed by atoms with Crippen LogP contribution < -0.4 is 10.6 Å². The molecule has 1 amide bonds. The largest absolute Gasteiger partial charge is 0.388 e. The summed E-state index contributed by atoms with van der Waals surface area (Å²) < 4.78 is 20.5. The van der Waals surface area contributed by atoms with Crippen molar-refractivity contribution in [1.82, 2.24) is 10.6 Å². The summed E-state index contributed by atoms with van der Waals surface area (Å²) in [6.07, 6.45) is -1.30. The third-order valence-corrected chi connectivity index (χ3v) is 6.65. The number of ether oxygens (including phenoxy) is 1. The zero-order chi connectivity index (χ0) is 21.1. The smallest absolute Gasteiger partial charge is 0.237 e. The molecule has 0 radical (unpaired) electrons. The Morgan fingerprint density at radius 1 is 1.39 bits per heavy atom. The maximum Gasteiger partial charge on any atom is 0.237 e. The van der Waals surface area contributed by atoms with E-state index in [0.29, 0.717) is 6.42 Å². The van der Waals surface area contributed by atoms with Crippen LogP contribution in [-0.2, 0) is 9.53 Å². The minimum absolute atomic E-state index is 0.0745. The molecule has 0 spiro atoms. The minimum Gasteiger partial charge on any atom is -0.388 e. The first kappa shape index (κ1) is 24.1. The van der Waals surface area contributed by atoms with Gasteiger partial charge in [0.1, 0.15) is 35.5 Å². The van der Waals surface area contributed by atoms with E-state index in [-0.39, 0.29) is 13.0 Å². The molecule has 0 saturated carbocycles. The number of unbranched alkanes of at least 4 members (excludes halogenated alkanes) is 1. The lowest BCUT2D eigenvalue weighted by Gasteiger charge is -2.44. The van der Waals surface area contributed by atoms with Gasteiger partial charge < -0.3 is 30.7 Å². The summed E-state index contributed by atoms with van der Waals surface area (Å²) in [6.45, 7) is 3.75. The van der Waals surface area contributed by atoms with Crippen molar-refractivity contribution < 1.29 is 29.2 Å². The highest BCUT2D eigenvalue weighted by molar-refractivity contribution is 7.99. The van der Waals surface area contributed by atoms with Crippen LogP contribution in [0.1, 0.15) is 39.5 Å². The molecular weight excluding hydrogens is 411 g/mol. The fourth-order valence-electron chi connectivity index (χ4n) is 3.77. The van der Waals surface area contributed by atoms with Gasteiger partial charge in [-0.1, -0.05) is 19.8 Å². The number of carbonyl (C=O) groups excluding carboxylic acids is 1. The Hall–Kier alpha value is -0.160. The number of halogens is 2. The molecule has 2 aliphatic rings. The number of hydrogen-bond donors (Lipinski definition) is 5. The molecule has 2 fully saturated rings. The SMILES string of the molecule is CCCC[C@]1(F)CN[C@H](C(=O)N[C@@H]([C@H]2O[C@H](SC)[C@H](O)[C@@H](O)[C@H]2O)[C@H](C)Cl)C1. The lowest BCUT2D eigenvalue weighted by atomic mass is 9.92. The lowest BCUT2D eigenvalue weighted by molar-refractivity contribution is -0.205. The van der Waals surface area contributed by atoms with Crippen LogP contribution in [0.4, 0.5) is 4.39 Å². The zero-order valence-electron chi connectivity index (χ0n) is 16.5. The van der Waals surface area contributed by atoms with Gasteiger partial charge in [0.05, 0.1) is 17.5 Å². The molecule has 10 heteroatoms. The number of carbonyl (C=O) groups is 1. The molecule has 0 aliphatic carbocycles. The van der Waals surface area contributed by atoms with E-state index in [0.717, 1.165) is 12.8 Å². The van der Waals surface area contributed by atoms with Gasteiger partial charge in [-0.25, -0.2) is 4.39 Å². The van der Waals surface area contributed by atoms with Crippen molar-refractivity contribution in [3.8, 4) is 0 Å². The van der Waals surface area contributed by atoms with Crippen LogP contribution in [0.2, 0.25) is 0 Å². The Kier molecular flexibility index (Phi) is 8.82. The van der Waals surface area contributed by atoms with E-state index in [1.54, 1.807) is 13.2 Å². The summed E-state index contributed by atoms with van der Waals surface area (Å²) >= 11 is 7.42. The second-order valence-electron chi connectivity index (χ2n) is 7.78. The topological polar surface area (TPSA) is 111 Å². The molecule has 5 N–H and O–H groups in total. The number of amides is 1. The Balaban J connectivity index is 2.05. The second-order valence-corrected chi connectivity index (χ2v) is 9.40. The summed E-state index contributed by atoms with van der Waals surface area (Å²) in [6, 6.07) is -1.53. The molecule has 0 aromatic heterocycles. The van der Waals surface area contributed by atoms with Gasteiger partial charge in [-0.3, -0.25) is 4.79 Å². The molecule has 2 aliphatic heterocycles. The van der Waals surface area contributed by atoms with Gasteiger partial charge in [-0.15, -0.1) is 23.4 Å². The fourth-order valence-corrected chi connectivity index (χ4v) is 4.66. The Labute approximate surface area is 174 Å². The average molecular weight is 443 g/mol. The van der Waals surface area contributed by atoms with Gasteiger partial charge in [0.25, 0.3) is 0 Å². The van der Waals surface area contributed by atoms with Crippen LogP contribution in [0.3, 0.4) is 0 Å². The predicted octanol–water partition coefficient (Wildman–Crippen LogP) is 0.530. The second kappa shape index (κ2) is 10.2. The van der Waals surface area contributed by atoms with Crippen LogP contribution in [0.15, 0.2) is 0 Å². The van der Waals surface area contributed by atoms with E-state index in [9.17, 15) is 24.5 Å². The van der Waals surface area contributed by atoms with Crippen molar-refractivity contribution in [2.75, 3.05) is 12.8 Å². The van der Waals surface area contributed by atoms with Gasteiger partial charge in [0.2, 0.25) is 5.91 Å². The normalized spacial score (nSPS) is 40.9. The molecular formula is C18H32ClFN2O5S. The maximum atomic E-state index is 14.8. The Bertz CT molecular complexity index is 532. The minimum atomic E-state index is -1.43. The van der Waals surface area contributed by atoms with Crippen LogP contribution in [-0.4, -0.2) is 87.0 Å². The number of nitrogens with one attached hydrogen (secondary N) is 2. The Morgan fingerprint density at radius 3 is 2.64 bits per heavy atom.